The highest BCUT2D eigenvalue weighted by atomic mass is 19.1. The molecule has 2 heterocycles. The number of nitrogens with zero attached hydrogens (tertiary/aromatic N) is 2. The number of carbonyl (C=O) groups is 1. The fourth-order valence-corrected chi connectivity index (χ4v) is 4.71. The van der Waals surface area contributed by atoms with E-state index in [-0.39, 0.29) is 23.0 Å². The first kappa shape index (κ1) is 21.6. The van der Waals surface area contributed by atoms with Crippen molar-refractivity contribution in [2.75, 3.05) is 44.2 Å². The van der Waals surface area contributed by atoms with Gasteiger partial charge in [0.15, 0.2) is 11.6 Å². The molecule has 2 aliphatic heterocycles. The molecular formula is C26H27F2N3O2. The summed E-state index contributed by atoms with van der Waals surface area (Å²) in [6, 6.07) is 14.4. The van der Waals surface area contributed by atoms with Crippen LogP contribution in [0.5, 0.6) is 5.75 Å². The van der Waals surface area contributed by atoms with Crippen LogP contribution in [0.3, 0.4) is 0 Å². The number of carbonyl (C=O) groups excluding carboxylic acids is 1. The number of hydrogen-bond donors (Lipinski definition) is 1. The van der Waals surface area contributed by atoms with Crippen molar-refractivity contribution in [1.82, 2.24) is 10.2 Å². The molecule has 0 aliphatic carbocycles. The van der Waals surface area contributed by atoms with Crippen molar-refractivity contribution in [2.24, 2.45) is 0 Å². The maximum Gasteiger partial charge on any atom is 0.255 e. The summed E-state index contributed by atoms with van der Waals surface area (Å²) in [6.07, 6.45) is 1.78. The standard InChI is InChI=1S/C26H27F2N3O2/c27-20-7-8-21-18(16-20)4-3-5-22(21)31-13-11-30(12-14-31)10-1-2-15-33-23-9-6-19-17-29-26(32)24(19)25(23)28/h3-9,16H,1-2,10-15,17H2,(H,29,32). The maximum atomic E-state index is 14.5. The maximum absolute atomic E-state index is 14.5. The molecule has 0 unspecified atom stereocenters. The summed E-state index contributed by atoms with van der Waals surface area (Å²) in [7, 11) is 0. The van der Waals surface area contributed by atoms with Gasteiger partial charge in [-0.3, -0.25) is 9.69 Å². The van der Waals surface area contributed by atoms with Crippen LogP contribution in [-0.2, 0) is 6.54 Å². The largest absolute Gasteiger partial charge is 0.490 e. The second-order valence-electron chi connectivity index (χ2n) is 8.62. The number of anilines is 1. The van der Waals surface area contributed by atoms with Gasteiger partial charge >= 0.3 is 0 Å². The second kappa shape index (κ2) is 9.35. The third-order valence-corrected chi connectivity index (χ3v) is 6.52. The lowest BCUT2D eigenvalue weighted by molar-refractivity contribution is 0.0961. The molecule has 5 rings (SSSR count). The van der Waals surface area contributed by atoms with Crippen LogP contribution in [0.15, 0.2) is 48.5 Å². The van der Waals surface area contributed by atoms with Crippen LogP contribution in [0.2, 0.25) is 0 Å². The van der Waals surface area contributed by atoms with E-state index in [9.17, 15) is 13.6 Å². The fraction of sp³-hybridized carbons (Fsp3) is 0.346. The van der Waals surface area contributed by atoms with Crippen LogP contribution < -0.4 is 15.0 Å². The van der Waals surface area contributed by atoms with E-state index >= 15 is 0 Å². The van der Waals surface area contributed by atoms with Gasteiger partial charge < -0.3 is 15.0 Å². The zero-order valence-electron chi connectivity index (χ0n) is 18.4. The quantitative estimate of drug-likeness (QED) is 0.543. The van der Waals surface area contributed by atoms with Crippen LogP contribution in [0, 0.1) is 11.6 Å². The van der Waals surface area contributed by atoms with Crippen molar-refractivity contribution < 1.29 is 18.3 Å². The number of hydrogen-bond acceptors (Lipinski definition) is 4. The average Bonchev–Trinajstić information content (AvgIpc) is 3.21. The highest BCUT2D eigenvalue weighted by molar-refractivity contribution is 5.99. The molecule has 5 nitrogen and oxygen atoms in total. The molecule has 0 atom stereocenters. The Kier molecular flexibility index (Phi) is 6.13. The summed E-state index contributed by atoms with van der Waals surface area (Å²) in [5.74, 6) is -0.996. The first-order valence-electron chi connectivity index (χ1n) is 11.5. The zero-order chi connectivity index (χ0) is 22.8. The van der Waals surface area contributed by atoms with Crippen molar-refractivity contribution in [3.05, 3.63) is 71.3 Å². The topological polar surface area (TPSA) is 44.8 Å². The van der Waals surface area contributed by atoms with Gasteiger partial charge in [-0.15, -0.1) is 0 Å². The van der Waals surface area contributed by atoms with Crippen molar-refractivity contribution >= 4 is 22.4 Å². The Morgan fingerprint density at radius 2 is 1.82 bits per heavy atom. The Bertz CT molecular complexity index is 1180. The van der Waals surface area contributed by atoms with E-state index < -0.39 is 5.82 Å². The minimum Gasteiger partial charge on any atom is -0.490 e. The summed E-state index contributed by atoms with van der Waals surface area (Å²) in [6.45, 7) is 5.54. The minimum absolute atomic E-state index is 0.113. The Balaban J connectivity index is 1.07. The average molecular weight is 452 g/mol. The number of amides is 1. The zero-order valence-corrected chi connectivity index (χ0v) is 18.4. The molecule has 1 fully saturated rings. The molecule has 2 aliphatic rings. The molecule has 33 heavy (non-hydrogen) atoms. The van der Waals surface area contributed by atoms with Gasteiger partial charge in [0.25, 0.3) is 5.91 Å². The Morgan fingerprint density at radius 3 is 2.67 bits per heavy atom. The van der Waals surface area contributed by atoms with Gasteiger partial charge in [0.05, 0.1) is 12.2 Å². The highest BCUT2D eigenvalue weighted by Gasteiger charge is 2.25. The number of halogens is 2. The number of rotatable bonds is 7. The minimum atomic E-state index is -0.560. The van der Waals surface area contributed by atoms with E-state index in [1.54, 1.807) is 18.2 Å². The Morgan fingerprint density at radius 1 is 0.970 bits per heavy atom. The lowest BCUT2D eigenvalue weighted by Gasteiger charge is -2.36. The van der Waals surface area contributed by atoms with Gasteiger partial charge in [0.1, 0.15) is 5.82 Å². The van der Waals surface area contributed by atoms with Crippen molar-refractivity contribution in [1.29, 1.82) is 0 Å². The fourth-order valence-electron chi connectivity index (χ4n) is 4.71. The summed E-state index contributed by atoms with van der Waals surface area (Å²) in [4.78, 5) is 16.6. The smallest absolute Gasteiger partial charge is 0.255 e. The number of benzene rings is 3. The molecule has 7 heteroatoms. The van der Waals surface area contributed by atoms with Crippen LogP contribution >= 0.6 is 0 Å². The number of nitrogens with one attached hydrogen (secondary N) is 1. The van der Waals surface area contributed by atoms with Crippen LogP contribution in [0.1, 0.15) is 28.8 Å². The predicted molar refractivity (Wildman–Crippen MR) is 125 cm³/mol. The van der Waals surface area contributed by atoms with Crippen molar-refractivity contribution in [3.63, 3.8) is 0 Å². The number of ether oxygens (including phenoxy) is 1. The van der Waals surface area contributed by atoms with Gasteiger partial charge in [0.2, 0.25) is 0 Å². The van der Waals surface area contributed by atoms with Gasteiger partial charge in [-0.2, -0.15) is 0 Å². The van der Waals surface area contributed by atoms with E-state index in [2.05, 4.69) is 21.2 Å². The van der Waals surface area contributed by atoms with Gasteiger partial charge in [-0.1, -0.05) is 18.2 Å². The first-order chi connectivity index (χ1) is 16.1. The Labute approximate surface area is 191 Å². The van der Waals surface area contributed by atoms with E-state index in [0.717, 1.165) is 62.0 Å². The molecule has 1 saturated heterocycles. The van der Waals surface area contributed by atoms with Crippen molar-refractivity contribution in [2.45, 2.75) is 19.4 Å². The highest BCUT2D eigenvalue weighted by Crippen LogP contribution is 2.29. The molecule has 0 spiro atoms. The summed E-state index contributed by atoms with van der Waals surface area (Å²) in [5, 5.41) is 4.64. The molecule has 0 saturated carbocycles. The monoisotopic (exact) mass is 451 g/mol. The van der Waals surface area contributed by atoms with Gasteiger partial charge in [-0.05, 0) is 60.7 Å². The van der Waals surface area contributed by atoms with Gasteiger partial charge in [0, 0.05) is 43.8 Å². The number of fused-ring (bicyclic) bond motifs is 2. The van der Waals surface area contributed by atoms with E-state index in [0.29, 0.717) is 18.7 Å². The van der Waals surface area contributed by atoms with Crippen LogP contribution in [0.4, 0.5) is 14.5 Å². The predicted octanol–water partition coefficient (Wildman–Crippen LogP) is 4.34. The molecule has 0 aromatic heterocycles. The summed E-state index contributed by atoms with van der Waals surface area (Å²) < 4.78 is 33.7. The first-order valence-corrected chi connectivity index (χ1v) is 11.5. The summed E-state index contributed by atoms with van der Waals surface area (Å²) in [5.41, 5.74) is 1.95. The molecule has 0 radical (unpaired) electrons. The van der Waals surface area contributed by atoms with E-state index in [4.69, 9.17) is 4.74 Å². The molecule has 3 aromatic carbocycles. The Hall–Kier alpha value is -3.19. The van der Waals surface area contributed by atoms with Crippen LogP contribution in [-0.4, -0.2) is 50.1 Å². The molecule has 1 amide bonds. The second-order valence-corrected chi connectivity index (χ2v) is 8.62. The number of unbranched alkanes of at least 4 members (excludes halogenated alkanes) is 1. The van der Waals surface area contributed by atoms with E-state index in [1.807, 2.05) is 18.2 Å². The lowest BCUT2D eigenvalue weighted by Crippen LogP contribution is -2.46. The van der Waals surface area contributed by atoms with Gasteiger partial charge in [-0.25, -0.2) is 8.78 Å². The lowest BCUT2D eigenvalue weighted by atomic mass is 10.1. The van der Waals surface area contributed by atoms with Crippen LogP contribution in [0.25, 0.3) is 10.8 Å². The van der Waals surface area contributed by atoms with E-state index in [1.165, 1.54) is 6.07 Å². The molecule has 0 bridgehead atoms. The SMILES string of the molecule is O=C1NCc2ccc(OCCCCN3CCN(c4cccc5cc(F)ccc45)CC3)c(F)c21. The third-order valence-electron chi connectivity index (χ3n) is 6.52. The molecule has 172 valence electrons. The molecular weight excluding hydrogens is 424 g/mol. The number of piperazine rings is 1. The molecule has 1 N–H and O–H groups in total. The van der Waals surface area contributed by atoms with Crippen molar-refractivity contribution in [3.8, 4) is 5.75 Å². The normalized spacial score (nSPS) is 16.2. The summed E-state index contributed by atoms with van der Waals surface area (Å²) >= 11 is 0. The third kappa shape index (κ3) is 4.50. The molecule has 3 aromatic rings.